The minimum absolute atomic E-state index is 0.0612. The van der Waals surface area contributed by atoms with E-state index >= 15 is 0 Å². The molecule has 2 N–H and O–H groups in total. The molecule has 0 bridgehead atoms. The molecule has 0 radical (unpaired) electrons. The fourth-order valence-corrected chi connectivity index (χ4v) is 3.25. The number of hydrogen-bond donors (Lipinski definition) is 2. The summed E-state index contributed by atoms with van der Waals surface area (Å²) in [5, 5.41) is 10.9. The average molecular weight is 387 g/mol. The van der Waals surface area contributed by atoms with E-state index in [1.54, 1.807) is 6.07 Å². The van der Waals surface area contributed by atoms with Gasteiger partial charge in [-0.05, 0) is 60.7 Å². The van der Waals surface area contributed by atoms with Gasteiger partial charge in [0, 0.05) is 25.5 Å². The molecule has 0 unspecified atom stereocenters. The molecule has 0 aliphatic carbocycles. The second kappa shape index (κ2) is 7.58. The van der Waals surface area contributed by atoms with E-state index < -0.39 is 15.8 Å². The van der Waals surface area contributed by atoms with Crippen molar-refractivity contribution in [2.45, 2.75) is 4.90 Å². The zero-order valence-electron chi connectivity index (χ0n) is 14.7. The molecule has 0 aliphatic heterocycles. The smallest absolute Gasteiger partial charge is 0.263 e. The number of rotatable bonds is 6. The highest BCUT2D eigenvalue weighted by atomic mass is 32.2. The maximum Gasteiger partial charge on any atom is 0.263 e. The molecule has 140 valence electrons. The van der Waals surface area contributed by atoms with Crippen LogP contribution in [-0.4, -0.2) is 32.7 Å². The number of anilines is 4. The van der Waals surface area contributed by atoms with Gasteiger partial charge in [-0.25, -0.2) is 12.8 Å². The fraction of sp³-hybridized carbons (Fsp3) is 0.111. The Balaban J connectivity index is 1.68. The molecular weight excluding hydrogens is 369 g/mol. The Labute approximate surface area is 156 Å². The predicted molar refractivity (Wildman–Crippen MR) is 103 cm³/mol. The number of halogens is 1. The van der Waals surface area contributed by atoms with E-state index in [2.05, 4.69) is 20.2 Å². The van der Waals surface area contributed by atoms with Gasteiger partial charge in [0.1, 0.15) is 5.82 Å². The second-order valence-corrected chi connectivity index (χ2v) is 7.61. The number of sulfonamides is 1. The first-order chi connectivity index (χ1) is 12.8. The molecule has 1 aromatic heterocycles. The van der Waals surface area contributed by atoms with Gasteiger partial charge in [-0.3, -0.25) is 4.72 Å². The topological polar surface area (TPSA) is 87.2 Å². The summed E-state index contributed by atoms with van der Waals surface area (Å²) in [4.78, 5) is 1.93. The fourth-order valence-electron chi connectivity index (χ4n) is 2.25. The van der Waals surface area contributed by atoms with Gasteiger partial charge in [-0.15, -0.1) is 10.2 Å². The van der Waals surface area contributed by atoms with Crippen LogP contribution in [0, 0.1) is 5.82 Å². The van der Waals surface area contributed by atoms with Crippen LogP contribution in [0.15, 0.2) is 65.6 Å². The molecule has 7 nitrogen and oxygen atoms in total. The van der Waals surface area contributed by atoms with Crippen molar-refractivity contribution in [1.29, 1.82) is 0 Å². The Kier molecular flexibility index (Phi) is 5.22. The van der Waals surface area contributed by atoms with Crippen molar-refractivity contribution >= 4 is 33.0 Å². The highest BCUT2D eigenvalue weighted by molar-refractivity contribution is 7.92. The zero-order valence-corrected chi connectivity index (χ0v) is 15.5. The van der Waals surface area contributed by atoms with Crippen molar-refractivity contribution in [2.75, 3.05) is 29.0 Å². The number of nitrogens with zero attached hydrogens (tertiary/aromatic N) is 3. The predicted octanol–water partition coefficient (Wildman–Crippen LogP) is 3.23. The lowest BCUT2D eigenvalue weighted by Crippen LogP contribution is -2.14. The molecule has 3 aromatic rings. The van der Waals surface area contributed by atoms with Crippen LogP contribution in [0.25, 0.3) is 0 Å². The molecule has 0 saturated carbocycles. The van der Waals surface area contributed by atoms with Crippen LogP contribution in [0.4, 0.5) is 27.4 Å². The minimum Gasteiger partial charge on any atom is -0.378 e. The lowest BCUT2D eigenvalue weighted by Gasteiger charge is -2.13. The maximum atomic E-state index is 12.9. The summed E-state index contributed by atoms with van der Waals surface area (Å²) in [7, 11) is 0.0569. The Morgan fingerprint density at radius 2 is 1.44 bits per heavy atom. The van der Waals surface area contributed by atoms with Crippen molar-refractivity contribution in [3.63, 3.8) is 0 Å². The third-order valence-electron chi connectivity index (χ3n) is 3.68. The van der Waals surface area contributed by atoms with Gasteiger partial charge in [0.2, 0.25) is 0 Å². The highest BCUT2D eigenvalue weighted by Gasteiger charge is 2.15. The molecule has 0 spiro atoms. The molecular formula is C18H18FN5O2S. The molecule has 2 aromatic carbocycles. The number of nitrogens with one attached hydrogen (secondary N) is 2. The van der Waals surface area contributed by atoms with E-state index in [9.17, 15) is 12.8 Å². The van der Waals surface area contributed by atoms with Crippen molar-refractivity contribution in [1.82, 2.24) is 10.2 Å². The molecule has 3 rings (SSSR count). The van der Waals surface area contributed by atoms with Crippen LogP contribution in [-0.2, 0) is 10.0 Å². The summed E-state index contributed by atoms with van der Waals surface area (Å²) < 4.78 is 39.8. The third kappa shape index (κ3) is 4.70. The normalized spacial score (nSPS) is 11.1. The standard InChI is InChI=1S/C18H18FN5O2S/c1-24(2)15-7-5-14(6-8-15)20-17-11-12-18(22-21-17)23-27(25,26)16-9-3-13(19)4-10-16/h3-12H,1-2H3,(H,20,21)(H,22,23). The van der Waals surface area contributed by atoms with Gasteiger partial charge in [-0.1, -0.05) is 0 Å². The van der Waals surface area contributed by atoms with Gasteiger partial charge >= 0.3 is 0 Å². The van der Waals surface area contributed by atoms with Crippen molar-refractivity contribution in [3.05, 3.63) is 66.5 Å². The largest absolute Gasteiger partial charge is 0.378 e. The molecule has 27 heavy (non-hydrogen) atoms. The summed E-state index contributed by atoms with van der Waals surface area (Å²) in [6.07, 6.45) is 0. The van der Waals surface area contributed by atoms with E-state index in [0.29, 0.717) is 5.82 Å². The van der Waals surface area contributed by atoms with Crippen LogP contribution < -0.4 is 14.9 Å². The Morgan fingerprint density at radius 1 is 0.852 bits per heavy atom. The van der Waals surface area contributed by atoms with E-state index in [1.165, 1.54) is 18.2 Å². The number of benzene rings is 2. The van der Waals surface area contributed by atoms with E-state index in [-0.39, 0.29) is 10.7 Å². The zero-order chi connectivity index (χ0) is 19.4. The van der Waals surface area contributed by atoms with Gasteiger partial charge in [-0.2, -0.15) is 0 Å². The van der Waals surface area contributed by atoms with Crippen molar-refractivity contribution < 1.29 is 12.8 Å². The summed E-state index contributed by atoms with van der Waals surface area (Å²) in [5.41, 5.74) is 1.90. The van der Waals surface area contributed by atoms with Crippen LogP contribution in [0.5, 0.6) is 0 Å². The summed E-state index contributed by atoms with van der Waals surface area (Å²) in [5.74, 6) is 0.0212. The first kappa shape index (κ1) is 18.6. The van der Waals surface area contributed by atoms with Crippen LogP contribution in [0.1, 0.15) is 0 Å². The van der Waals surface area contributed by atoms with E-state index in [0.717, 1.165) is 23.5 Å². The van der Waals surface area contributed by atoms with Crippen LogP contribution in [0.3, 0.4) is 0 Å². The van der Waals surface area contributed by atoms with Gasteiger partial charge < -0.3 is 10.2 Å². The monoisotopic (exact) mass is 387 g/mol. The number of aromatic nitrogens is 2. The second-order valence-electron chi connectivity index (χ2n) is 5.93. The molecule has 1 heterocycles. The maximum absolute atomic E-state index is 12.9. The molecule has 0 amide bonds. The molecule has 9 heteroatoms. The van der Waals surface area contributed by atoms with Gasteiger partial charge in [0.25, 0.3) is 10.0 Å². The molecule has 0 aliphatic rings. The summed E-state index contributed by atoms with van der Waals surface area (Å²) in [6, 6.07) is 15.3. The molecule has 0 fully saturated rings. The summed E-state index contributed by atoms with van der Waals surface area (Å²) in [6.45, 7) is 0. The molecule has 0 saturated heterocycles. The van der Waals surface area contributed by atoms with E-state index in [1.807, 2.05) is 43.3 Å². The molecule has 0 atom stereocenters. The van der Waals surface area contributed by atoms with Gasteiger partial charge in [0.05, 0.1) is 4.90 Å². The Hall–Kier alpha value is -3.20. The minimum atomic E-state index is -3.86. The first-order valence-electron chi connectivity index (χ1n) is 8.00. The SMILES string of the molecule is CN(C)c1ccc(Nc2ccc(NS(=O)(=O)c3ccc(F)cc3)nn2)cc1. The third-order valence-corrected chi connectivity index (χ3v) is 5.05. The Morgan fingerprint density at radius 3 is 2.00 bits per heavy atom. The quantitative estimate of drug-likeness (QED) is 0.675. The summed E-state index contributed by atoms with van der Waals surface area (Å²) >= 11 is 0. The Bertz CT molecular complexity index is 1010. The van der Waals surface area contributed by atoms with Gasteiger partial charge in [0.15, 0.2) is 11.6 Å². The van der Waals surface area contributed by atoms with Crippen molar-refractivity contribution in [3.8, 4) is 0 Å². The van der Waals surface area contributed by atoms with Crippen LogP contribution in [0.2, 0.25) is 0 Å². The van der Waals surface area contributed by atoms with Crippen LogP contribution >= 0.6 is 0 Å². The van der Waals surface area contributed by atoms with Crippen molar-refractivity contribution in [2.24, 2.45) is 0 Å². The first-order valence-corrected chi connectivity index (χ1v) is 9.48. The average Bonchev–Trinajstić information content (AvgIpc) is 2.64. The lowest BCUT2D eigenvalue weighted by atomic mass is 10.2. The number of hydrogen-bond acceptors (Lipinski definition) is 6. The lowest BCUT2D eigenvalue weighted by molar-refractivity contribution is 0.599. The highest BCUT2D eigenvalue weighted by Crippen LogP contribution is 2.20. The van der Waals surface area contributed by atoms with E-state index in [4.69, 9.17) is 0 Å².